The fraction of sp³-hybridized carbons (Fsp3) is 0.447. The quantitative estimate of drug-likeness (QED) is 0.179. The van der Waals surface area contributed by atoms with Crippen LogP contribution >= 0.6 is 0 Å². The summed E-state index contributed by atoms with van der Waals surface area (Å²) in [6, 6.07) is 21.9. The Hall–Kier alpha value is -3.37. The van der Waals surface area contributed by atoms with Crippen molar-refractivity contribution < 1.29 is 19.5 Å². The van der Waals surface area contributed by atoms with Gasteiger partial charge in [0.2, 0.25) is 0 Å². The molecule has 3 aromatic rings. The summed E-state index contributed by atoms with van der Waals surface area (Å²) in [6.07, 6.45) is 1.35. The molecule has 222 valence electrons. The minimum atomic E-state index is -1.44. The van der Waals surface area contributed by atoms with Crippen molar-refractivity contribution in [3.63, 3.8) is 0 Å². The summed E-state index contributed by atoms with van der Waals surface area (Å²) in [5.41, 5.74) is 6.94. The van der Waals surface area contributed by atoms with Gasteiger partial charge in [0.25, 0.3) is 0 Å². The zero-order valence-electron chi connectivity index (χ0n) is 26.1. The van der Waals surface area contributed by atoms with E-state index in [0.29, 0.717) is 12.0 Å². The van der Waals surface area contributed by atoms with E-state index < -0.39 is 17.8 Å². The maximum Gasteiger partial charge on any atom is 0.168 e. The Morgan fingerprint density at radius 1 is 0.881 bits per heavy atom. The molecular formula is C38H46O4. The molecule has 0 amide bonds. The maximum atomic E-state index is 13.9. The van der Waals surface area contributed by atoms with Gasteiger partial charge in [0, 0.05) is 23.8 Å². The van der Waals surface area contributed by atoms with E-state index in [-0.39, 0.29) is 41.7 Å². The second kappa shape index (κ2) is 13.3. The molecule has 4 unspecified atom stereocenters. The van der Waals surface area contributed by atoms with Gasteiger partial charge in [0.1, 0.15) is 11.9 Å². The number of carbonyl (C=O) groups excluding carboxylic acids is 3. The molecular weight excluding hydrogens is 520 g/mol. The first kappa shape index (κ1) is 31.6. The first-order chi connectivity index (χ1) is 19.9. The molecule has 42 heavy (non-hydrogen) atoms. The molecule has 0 spiro atoms. The van der Waals surface area contributed by atoms with Gasteiger partial charge in [0.15, 0.2) is 11.6 Å². The highest BCUT2D eigenvalue weighted by atomic mass is 16.3. The van der Waals surface area contributed by atoms with Crippen molar-refractivity contribution in [2.24, 2.45) is 17.3 Å². The van der Waals surface area contributed by atoms with Crippen molar-refractivity contribution in [2.75, 3.05) is 0 Å². The SMILES string of the molecule is Cc1ccc(C(Cc2ccccc2C)C(CC(=O)c2cccc(C)c2C)C(O)C(=O)CC(=O)C2CCC(C)(C)C2)cc1. The van der Waals surface area contributed by atoms with E-state index in [1.165, 1.54) is 0 Å². The van der Waals surface area contributed by atoms with E-state index in [9.17, 15) is 19.5 Å². The number of carbonyl (C=O) groups is 3. The molecule has 3 aromatic carbocycles. The standard InChI is InChI=1S/C38H46O4/c1-24-14-16-28(17-15-24)32(20-29-12-8-7-10-26(29)3)33(21-35(40)31-13-9-11-25(2)27(31)4)37(42)36(41)22-34(39)30-18-19-38(5,6)23-30/h7-17,30,32-33,37,42H,18-23H2,1-6H3. The minimum Gasteiger partial charge on any atom is -0.385 e. The van der Waals surface area contributed by atoms with Gasteiger partial charge in [-0.15, -0.1) is 0 Å². The molecule has 1 saturated carbocycles. The Balaban J connectivity index is 1.71. The summed E-state index contributed by atoms with van der Waals surface area (Å²) in [6.45, 7) is 12.3. The average Bonchev–Trinajstić information content (AvgIpc) is 3.32. The predicted octanol–water partition coefficient (Wildman–Crippen LogP) is 7.85. The number of aliphatic hydroxyl groups is 1. The molecule has 4 rings (SSSR count). The van der Waals surface area contributed by atoms with Gasteiger partial charge in [-0.1, -0.05) is 86.1 Å². The largest absolute Gasteiger partial charge is 0.385 e. The first-order valence-corrected chi connectivity index (χ1v) is 15.3. The van der Waals surface area contributed by atoms with Gasteiger partial charge < -0.3 is 5.11 Å². The monoisotopic (exact) mass is 566 g/mol. The summed E-state index contributed by atoms with van der Waals surface area (Å²) in [4.78, 5) is 40.8. The van der Waals surface area contributed by atoms with Gasteiger partial charge in [0.05, 0.1) is 6.42 Å². The van der Waals surface area contributed by atoms with Gasteiger partial charge in [-0.05, 0) is 92.5 Å². The van der Waals surface area contributed by atoms with Crippen LogP contribution in [0.2, 0.25) is 0 Å². The van der Waals surface area contributed by atoms with E-state index in [0.717, 1.165) is 52.6 Å². The number of Topliss-reactive ketones (excluding diaryl/α,β-unsaturated/α-hetero) is 3. The van der Waals surface area contributed by atoms with E-state index in [2.05, 4.69) is 32.9 Å². The van der Waals surface area contributed by atoms with Crippen molar-refractivity contribution in [1.29, 1.82) is 0 Å². The molecule has 0 saturated heterocycles. The average molecular weight is 567 g/mol. The van der Waals surface area contributed by atoms with Crippen LogP contribution in [-0.4, -0.2) is 28.6 Å². The number of ketones is 3. The summed E-state index contributed by atoms with van der Waals surface area (Å²) >= 11 is 0. The van der Waals surface area contributed by atoms with Crippen LogP contribution < -0.4 is 0 Å². The zero-order chi connectivity index (χ0) is 30.6. The molecule has 4 nitrogen and oxygen atoms in total. The molecule has 0 heterocycles. The van der Waals surface area contributed by atoms with Crippen LogP contribution in [-0.2, 0) is 16.0 Å². The fourth-order valence-corrected chi connectivity index (χ4v) is 6.63. The number of aliphatic hydroxyl groups excluding tert-OH is 1. The zero-order valence-corrected chi connectivity index (χ0v) is 26.1. The van der Waals surface area contributed by atoms with Crippen LogP contribution in [0.25, 0.3) is 0 Å². The van der Waals surface area contributed by atoms with Crippen molar-refractivity contribution in [3.8, 4) is 0 Å². The van der Waals surface area contributed by atoms with E-state index in [1.807, 2.05) is 75.4 Å². The normalized spacial score (nSPS) is 18.3. The van der Waals surface area contributed by atoms with Crippen LogP contribution in [0.4, 0.5) is 0 Å². The Bertz CT molecular complexity index is 1430. The first-order valence-electron chi connectivity index (χ1n) is 15.3. The third kappa shape index (κ3) is 7.52. The fourth-order valence-electron chi connectivity index (χ4n) is 6.63. The molecule has 0 bridgehead atoms. The second-order valence-corrected chi connectivity index (χ2v) is 13.3. The Kier molecular flexibility index (Phi) is 9.99. The summed E-state index contributed by atoms with van der Waals surface area (Å²) in [7, 11) is 0. The summed E-state index contributed by atoms with van der Waals surface area (Å²) in [5, 5.41) is 11.8. The number of benzene rings is 3. The van der Waals surface area contributed by atoms with Crippen LogP contribution in [0.3, 0.4) is 0 Å². The summed E-state index contributed by atoms with van der Waals surface area (Å²) < 4.78 is 0. The lowest BCUT2D eigenvalue weighted by atomic mass is 9.73. The molecule has 0 aromatic heterocycles. The molecule has 4 atom stereocenters. The Morgan fingerprint density at radius 3 is 2.19 bits per heavy atom. The van der Waals surface area contributed by atoms with Gasteiger partial charge in [-0.3, -0.25) is 14.4 Å². The van der Waals surface area contributed by atoms with Crippen molar-refractivity contribution in [1.82, 2.24) is 0 Å². The molecule has 0 radical (unpaired) electrons. The van der Waals surface area contributed by atoms with Gasteiger partial charge in [-0.25, -0.2) is 0 Å². The predicted molar refractivity (Wildman–Crippen MR) is 169 cm³/mol. The van der Waals surface area contributed by atoms with Crippen molar-refractivity contribution in [2.45, 2.75) is 92.1 Å². The molecule has 1 aliphatic carbocycles. The van der Waals surface area contributed by atoms with E-state index in [4.69, 9.17) is 0 Å². The molecule has 1 aliphatic rings. The van der Waals surface area contributed by atoms with Crippen LogP contribution in [0.5, 0.6) is 0 Å². The van der Waals surface area contributed by atoms with Gasteiger partial charge >= 0.3 is 0 Å². The second-order valence-electron chi connectivity index (χ2n) is 13.3. The number of hydrogen-bond acceptors (Lipinski definition) is 4. The number of hydrogen-bond donors (Lipinski definition) is 1. The Labute approximate surface area is 251 Å². The maximum absolute atomic E-state index is 13.9. The van der Waals surface area contributed by atoms with E-state index in [1.54, 1.807) is 0 Å². The molecule has 1 N–H and O–H groups in total. The number of rotatable bonds is 12. The lowest BCUT2D eigenvalue weighted by molar-refractivity contribution is -0.136. The molecule has 4 heteroatoms. The van der Waals surface area contributed by atoms with Gasteiger partial charge in [-0.2, -0.15) is 0 Å². The molecule has 1 fully saturated rings. The smallest absolute Gasteiger partial charge is 0.168 e. The van der Waals surface area contributed by atoms with Crippen molar-refractivity contribution in [3.05, 3.63) is 106 Å². The van der Waals surface area contributed by atoms with Crippen molar-refractivity contribution >= 4 is 17.3 Å². The highest BCUT2D eigenvalue weighted by Gasteiger charge is 2.39. The lowest BCUT2D eigenvalue weighted by Gasteiger charge is -2.31. The topological polar surface area (TPSA) is 71.4 Å². The third-order valence-electron chi connectivity index (χ3n) is 9.56. The van der Waals surface area contributed by atoms with Crippen LogP contribution in [0.15, 0.2) is 66.7 Å². The highest BCUT2D eigenvalue weighted by Crippen LogP contribution is 2.42. The van der Waals surface area contributed by atoms with Crippen LogP contribution in [0, 0.1) is 44.9 Å². The molecule has 0 aliphatic heterocycles. The highest BCUT2D eigenvalue weighted by molar-refractivity contribution is 6.03. The van der Waals surface area contributed by atoms with Crippen LogP contribution in [0.1, 0.15) is 95.6 Å². The van der Waals surface area contributed by atoms with E-state index >= 15 is 0 Å². The third-order valence-corrected chi connectivity index (χ3v) is 9.56. The summed E-state index contributed by atoms with van der Waals surface area (Å²) in [5.74, 6) is -1.81. The lowest BCUT2D eigenvalue weighted by Crippen LogP contribution is -2.37. The minimum absolute atomic E-state index is 0.00622. The Morgan fingerprint density at radius 2 is 1.55 bits per heavy atom. The number of aryl methyl sites for hydroxylation is 3.